The minimum atomic E-state index is -6.07. The zero-order valence-electron chi connectivity index (χ0n) is 33.1. The van der Waals surface area contributed by atoms with E-state index >= 15 is 0 Å². The third kappa shape index (κ3) is 12.4. The average molecular weight is 923 g/mol. The molecule has 0 aliphatic carbocycles. The Morgan fingerprint density at radius 2 is 0.459 bits per heavy atom. The zero-order valence-corrected chi connectivity index (χ0v) is 37.4. The van der Waals surface area contributed by atoms with Gasteiger partial charge in [-0.2, -0.15) is 0 Å². The van der Waals surface area contributed by atoms with E-state index in [1.807, 2.05) is 0 Å². The quantitative estimate of drug-likeness (QED) is 0.117. The van der Waals surface area contributed by atoms with E-state index < -0.39 is 41.8 Å². The normalized spacial score (nSPS) is 11.6. The maximum Gasteiger partial charge on any atom is 0.116 e. The first kappa shape index (κ1) is 45.3. The predicted molar refractivity (Wildman–Crippen MR) is 234 cm³/mol. The van der Waals surface area contributed by atoms with Crippen LogP contribution < -0.4 is 40.1 Å². The molecule has 0 fully saturated rings. The van der Waals surface area contributed by atoms with Crippen LogP contribution in [0.5, 0.6) is 0 Å². The van der Waals surface area contributed by atoms with Gasteiger partial charge in [0.15, 0.2) is 0 Å². The van der Waals surface area contributed by atoms with E-state index in [2.05, 4.69) is 245 Å². The Hall–Kier alpha value is -5.24. The van der Waals surface area contributed by atoms with Gasteiger partial charge in [0.05, 0.1) is 12.3 Å². The summed E-state index contributed by atoms with van der Waals surface area (Å²) in [6.07, 6.45) is 2.07. The fourth-order valence-corrected chi connectivity index (χ4v) is 17.5. The molecular weight excluding hydrogens is 878 g/mol. The van der Waals surface area contributed by atoms with Crippen LogP contribution in [0, 0.1) is 0 Å². The van der Waals surface area contributed by atoms with Gasteiger partial charge >= 0.3 is 53.6 Å². The van der Waals surface area contributed by atoms with Gasteiger partial charge in [-0.15, -0.1) is 0 Å². The van der Waals surface area contributed by atoms with Gasteiger partial charge in [0.2, 0.25) is 0 Å². The van der Waals surface area contributed by atoms with E-state index in [1.54, 1.807) is 0 Å². The van der Waals surface area contributed by atoms with Crippen LogP contribution in [-0.4, -0.2) is 0 Å². The van der Waals surface area contributed by atoms with E-state index in [4.69, 9.17) is 0 Å². The summed E-state index contributed by atoms with van der Waals surface area (Å²) in [4.78, 5) is 0. The molecule has 8 rings (SSSR count). The molecule has 0 saturated carbocycles. The van der Waals surface area contributed by atoms with Crippen LogP contribution in [0.25, 0.3) is 0 Å². The zero-order chi connectivity index (χ0) is 43.0. The molecule has 0 spiro atoms. The van der Waals surface area contributed by atoms with Crippen molar-refractivity contribution in [3.05, 3.63) is 254 Å². The van der Waals surface area contributed by atoms with Crippen molar-refractivity contribution in [2.75, 3.05) is 0 Å². The molecular formula is C50H44Cr2O7P2. The van der Waals surface area contributed by atoms with Crippen molar-refractivity contribution in [3.63, 3.8) is 0 Å². The summed E-state index contributed by atoms with van der Waals surface area (Å²) < 4.78 is 58.9. The maximum absolute atomic E-state index is 9.38. The Balaban J connectivity index is 0.000000171. The van der Waals surface area contributed by atoms with Crippen LogP contribution in [0.1, 0.15) is 11.1 Å². The Morgan fingerprint density at radius 3 is 0.607 bits per heavy atom. The summed E-state index contributed by atoms with van der Waals surface area (Å²) in [5, 5.41) is 8.59. The van der Waals surface area contributed by atoms with Gasteiger partial charge in [-0.3, -0.25) is 0 Å². The van der Waals surface area contributed by atoms with Gasteiger partial charge in [0.25, 0.3) is 0 Å². The maximum atomic E-state index is 9.38. The molecule has 308 valence electrons. The molecule has 0 atom stereocenters. The summed E-state index contributed by atoms with van der Waals surface area (Å²) in [6, 6.07) is 88.1. The minimum absolute atomic E-state index is 1.03. The second-order valence-electron chi connectivity index (χ2n) is 13.8. The third-order valence-electron chi connectivity index (χ3n) is 9.87. The van der Waals surface area contributed by atoms with Crippen molar-refractivity contribution in [3.8, 4) is 0 Å². The van der Waals surface area contributed by atoms with E-state index in [1.165, 1.54) is 43.0 Å². The number of hydrogen-bond acceptors (Lipinski definition) is 7. The van der Waals surface area contributed by atoms with Gasteiger partial charge in [-0.1, -0.05) is 170 Å². The van der Waals surface area contributed by atoms with Crippen molar-refractivity contribution >= 4 is 46.4 Å². The molecule has 0 heterocycles. The molecule has 0 saturated heterocycles. The van der Waals surface area contributed by atoms with Gasteiger partial charge < -0.3 is 0 Å². The van der Waals surface area contributed by atoms with Gasteiger partial charge in [-0.25, -0.2) is 0 Å². The molecule has 0 amide bonds. The first-order chi connectivity index (χ1) is 29.5. The molecule has 0 bridgehead atoms. The van der Waals surface area contributed by atoms with Gasteiger partial charge in [0.1, 0.15) is 46.4 Å². The van der Waals surface area contributed by atoms with Crippen molar-refractivity contribution < 1.29 is 53.6 Å². The van der Waals surface area contributed by atoms with Crippen molar-refractivity contribution in [1.29, 1.82) is 0 Å². The van der Waals surface area contributed by atoms with E-state index in [-0.39, 0.29) is 0 Å². The molecule has 0 unspecified atom stereocenters. The summed E-state index contributed by atoms with van der Waals surface area (Å²) in [6.45, 7) is 0. The Bertz CT molecular complexity index is 2350. The summed E-state index contributed by atoms with van der Waals surface area (Å²) in [7, 11) is -3.55. The van der Waals surface area contributed by atoms with Crippen molar-refractivity contribution in [2.24, 2.45) is 0 Å². The third-order valence-corrected chi connectivity index (χ3v) is 21.3. The summed E-state index contributed by atoms with van der Waals surface area (Å²) in [5.74, 6) is 0. The van der Waals surface area contributed by atoms with E-state index in [9.17, 15) is 23.5 Å². The second-order valence-corrected chi connectivity index (χ2v) is 24.4. The van der Waals surface area contributed by atoms with Crippen molar-refractivity contribution in [1.82, 2.24) is 0 Å². The molecule has 0 aliphatic heterocycles. The molecule has 11 heteroatoms. The first-order valence-corrected chi connectivity index (χ1v) is 27.4. The van der Waals surface area contributed by atoms with Crippen LogP contribution in [0.4, 0.5) is 0 Å². The number of benzene rings is 8. The molecule has 0 aromatic heterocycles. The fourth-order valence-electron chi connectivity index (χ4n) is 7.35. The summed E-state index contributed by atoms with van der Waals surface area (Å²) in [5.41, 5.74) is 2.77. The molecule has 61 heavy (non-hydrogen) atoms. The van der Waals surface area contributed by atoms with Crippen LogP contribution in [0.15, 0.2) is 243 Å². The minimum Gasteiger partial charge on any atom is -0.0622 e. The van der Waals surface area contributed by atoms with Crippen LogP contribution in [0.3, 0.4) is 0 Å². The van der Waals surface area contributed by atoms with E-state index in [0.29, 0.717) is 0 Å². The monoisotopic (exact) mass is 922 g/mol. The molecule has 0 N–H and O–H groups in total. The molecule has 8 aromatic rings. The van der Waals surface area contributed by atoms with Crippen LogP contribution >= 0.6 is 14.5 Å². The second kappa shape index (κ2) is 21.5. The fraction of sp³-hybridized carbons (Fsp3) is 0.0400. The first-order valence-electron chi connectivity index (χ1n) is 19.3. The van der Waals surface area contributed by atoms with Gasteiger partial charge in [0, 0.05) is 0 Å². The van der Waals surface area contributed by atoms with Crippen LogP contribution in [0.2, 0.25) is 0 Å². The Morgan fingerprint density at radius 1 is 0.295 bits per heavy atom. The Labute approximate surface area is 363 Å². The van der Waals surface area contributed by atoms with Crippen LogP contribution in [-0.2, 0) is 57.6 Å². The average Bonchev–Trinajstić information content (AvgIpc) is 3.29. The topological polar surface area (TPSA) is 124 Å². The Kier molecular flexibility index (Phi) is 16.0. The molecule has 0 aliphatic rings. The SMILES string of the molecule is [O]=[Cr](=[O])([O-])[O][Cr](=[O])(=[O])[O-].c1ccc(C[P+](c2ccccc2)(c2ccccc2)c2ccccc2)cc1.c1ccc(C[P+](c2ccccc2)(c2ccccc2)c2ccccc2)cc1. The summed E-state index contributed by atoms with van der Waals surface area (Å²) >= 11 is -12.1. The standard InChI is InChI=1S/2C25H22P.2Cr.7O/c2*1-5-13-22(14-6-1)21-26(23-15-7-2-8-16-23,24-17-9-3-10-18-24)25-19-11-4-12-20-25;;;;;;;;;/h2*1-20H,21H2;;;;;;;;;/q2*+1;;;;;;;;2*-1. The van der Waals surface area contributed by atoms with Crippen molar-refractivity contribution in [2.45, 2.75) is 12.3 Å². The molecule has 8 aromatic carbocycles. The molecule has 0 radical (unpaired) electrons. The number of hydrogen-bond donors (Lipinski definition) is 0. The van der Waals surface area contributed by atoms with E-state index in [0.717, 1.165) is 12.3 Å². The van der Waals surface area contributed by atoms with Gasteiger partial charge in [-0.05, 0) is 83.9 Å². The predicted octanol–water partition coefficient (Wildman–Crippen LogP) is 7.43. The number of rotatable bonds is 12. The smallest absolute Gasteiger partial charge is 0.0622 e. The molecule has 7 nitrogen and oxygen atoms in total. The largest absolute Gasteiger partial charge is 0.116 e.